The zero-order valence-electron chi connectivity index (χ0n) is 14.4. The van der Waals surface area contributed by atoms with E-state index in [1.165, 1.54) is 18.2 Å². The minimum atomic E-state index is -4.72. The molecule has 2 aromatic carbocycles. The van der Waals surface area contributed by atoms with Crippen LogP contribution in [0.15, 0.2) is 51.7 Å². The summed E-state index contributed by atoms with van der Waals surface area (Å²) in [6.45, 7) is 1.09. The third-order valence-corrected chi connectivity index (χ3v) is 3.85. The summed E-state index contributed by atoms with van der Waals surface area (Å²) >= 11 is 0. The fourth-order valence-corrected chi connectivity index (χ4v) is 2.48. The first-order valence-corrected chi connectivity index (χ1v) is 7.97. The average molecular weight is 395 g/mol. The molecule has 0 unspecified atom stereocenters. The lowest BCUT2D eigenvalue weighted by molar-refractivity contribution is -0.136. The molecule has 0 aliphatic heterocycles. The van der Waals surface area contributed by atoms with E-state index in [0.29, 0.717) is 11.6 Å². The zero-order valence-corrected chi connectivity index (χ0v) is 14.4. The lowest BCUT2D eigenvalue weighted by atomic mass is 10.1. The Kier molecular flexibility index (Phi) is 5.08. The van der Waals surface area contributed by atoms with Gasteiger partial charge in [0, 0.05) is 23.2 Å². The van der Waals surface area contributed by atoms with Gasteiger partial charge in [0.05, 0.1) is 5.56 Å². The van der Waals surface area contributed by atoms with Crippen molar-refractivity contribution in [1.29, 1.82) is 0 Å². The molecular weight excluding hydrogens is 382 g/mol. The predicted molar refractivity (Wildman–Crippen MR) is 92.7 cm³/mol. The van der Waals surface area contributed by atoms with Crippen LogP contribution >= 0.6 is 0 Å². The van der Waals surface area contributed by atoms with E-state index in [1.54, 1.807) is 6.92 Å². The largest absolute Gasteiger partial charge is 0.484 e. The second-order valence-electron chi connectivity index (χ2n) is 5.94. The standard InChI is InChI=1S/C19H13F4NO4/c1-10-2-3-11(6-15(10)20)24-17(25)9-27-12-4-5-13-14(19(21,22)23)8-18(26)28-16(13)7-12/h2-8H,9H2,1H3,(H,24,25). The van der Waals surface area contributed by atoms with Gasteiger partial charge in [-0.25, -0.2) is 9.18 Å². The number of anilines is 1. The molecule has 1 aromatic heterocycles. The molecule has 5 nitrogen and oxygen atoms in total. The Hall–Kier alpha value is -3.36. The molecule has 0 fully saturated rings. The van der Waals surface area contributed by atoms with Gasteiger partial charge in [0.25, 0.3) is 5.91 Å². The number of aryl methyl sites for hydroxylation is 1. The minimum Gasteiger partial charge on any atom is -0.484 e. The number of carbonyl (C=O) groups is 1. The maximum Gasteiger partial charge on any atom is 0.417 e. The van der Waals surface area contributed by atoms with Crippen LogP contribution in [0.3, 0.4) is 0 Å². The number of benzene rings is 2. The van der Waals surface area contributed by atoms with Crippen LogP contribution < -0.4 is 15.7 Å². The molecule has 3 aromatic rings. The van der Waals surface area contributed by atoms with Crippen LogP contribution in [0.25, 0.3) is 11.0 Å². The van der Waals surface area contributed by atoms with Gasteiger partial charge in [-0.2, -0.15) is 13.2 Å². The first-order chi connectivity index (χ1) is 13.1. The molecule has 0 spiro atoms. The number of alkyl halides is 3. The first kappa shape index (κ1) is 19.4. The van der Waals surface area contributed by atoms with Crippen molar-refractivity contribution in [2.24, 2.45) is 0 Å². The van der Waals surface area contributed by atoms with Crippen molar-refractivity contribution in [2.45, 2.75) is 13.1 Å². The molecule has 0 radical (unpaired) electrons. The summed E-state index contributed by atoms with van der Waals surface area (Å²) in [4.78, 5) is 23.3. The van der Waals surface area contributed by atoms with Gasteiger partial charge in [-0.3, -0.25) is 4.79 Å². The van der Waals surface area contributed by atoms with Crippen LogP contribution in [-0.4, -0.2) is 12.5 Å². The van der Waals surface area contributed by atoms with Gasteiger partial charge < -0.3 is 14.5 Å². The van der Waals surface area contributed by atoms with Crippen LogP contribution in [0.2, 0.25) is 0 Å². The van der Waals surface area contributed by atoms with Crippen molar-refractivity contribution >= 4 is 22.6 Å². The van der Waals surface area contributed by atoms with Crippen molar-refractivity contribution < 1.29 is 31.5 Å². The topological polar surface area (TPSA) is 68.5 Å². The summed E-state index contributed by atoms with van der Waals surface area (Å²) in [6, 6.07) is 7.92. The quantitative estimate of drug-likeness (QED) is 0.529. The van der Waals surface area contributed by atoms with E-state index in [0.717, 1.165) is 18.2 Å². The van der Waals surface area contributed by atoms with Crippen molar-refractivity contribution in [1.82, 2.24) is 0 Å². The number of rotatable bonds is 4. The van der Waals surface area contributed by atoms with Gasteiger partial charge in [-0.05, 0) is 36.8 Å². The second kappa shape index (κ2) is 7.34. The third kappa shape index (κ3) is 4.30. The minimum absolute atomic E-state index is 0.0280. The monoisotopic (exact) mass is 395 g/mol. The molecule has 0 saturated heterocycles. The van der Waals surface area contributed by atoms with E-state index in [4.69, 9.17) is 9.15 Å². The van der Waals surface area contributed by atoms with E-state index in [2.05, 4.69) is 5.32 Å². The molecule has 0 atom stereocenters. The van der Waals surface area contributed by atoms with Gasteiger partial charge in [-0.1, -0.05) is 6.07 Å². The number of amides is 1. The summed E-state index contributed by atoms with van der Waals surface area (Å²) in [7, 11) is 0. The Bertz CT molecular complexity index is 1110. The maximum absolute atomic E-state index is 13.5. The smallest absolute Gasteiger partial charge is 0.417 e. The number of carbonyl (C=O) groups excluding carboxylic acids is 1. The van der Waals surface area contributed by atoms with Crippen molar-refractivity contribution in [3.63, 3.8) is 0 Å². The van der Waals surface area contributed by atoms with Gasteiger partial charge in [-0.15, -0.1) is 0 Å². The molecule has 1 heterocycles. The lowest BCUT2D eigenvalue weighted by Crippen LogP contribution is -2.20. The highest BCUT2D eigenvalue weighted by atomic mass is 19.4. The van der Waals surface area contributed by atoms with Gasteiger partial charge in [0.2, 0.25) is 0 Å². The fraction of sp³-hybridized carbons (Fsp3) is 0.158. The van der Waals surface area contributed by atoms with Crippen LogP contribution in [0.1, 0.15) is 11.1 Å². The Morgan fingerprint density at radius 2 is 1.89 bits per heavy atom. The SMILES string of the molecule is Cc1ccc(NC(=O)COc2ccc3c(C(F)(F)F)cc(=O)oc3c2)cc1F. The highest BCUT2D eigenvalue weighted by Crippen LogP contribution is 2.34. The summed E-state index contributed by atoms with van der Waals surface area (Å²) in [5, 5.41) is 2.12. The molecular formula is C19H13F4NO4. The highest BCUT2D eigenvalue weighted by molar-refractivity contribution is 5.92. The van der Waals surface area contributed by atoms with Gasteiger partial charge >= 0.3 is 11.8 Å². The Morgan fingerprint density at radius 1 is 1.14 bits per heavy atom. The van der Waals surface area contributed by atoms with E-state index in [9.17, 15) is 27.2 Å². The molecule has 3 rings (SSSR count). The molecule has 1 N–H and O–H groups in total. The fourth-order valence-electron chi connectivity index (χ4n) is 2.48. The van der Waals surface area contributed by atoms with Gasteiger partial charge in [0.15, 0.2) is 6.61 Å². The van der Waals surface area contributed by atoms with E-state index in [1.807, 2.05) is 0 Å². The number of hydrogen-bond donors (Lipinski definition) is 1. The lowest BCUT2D eigenvalue weighted by Gasteiger charge is -2.11. The van der Waals surface area contributed by atoms with Crippen LogP contribution in [0, 0.1) is 12.7 Å². The molecule has 0 bridgehead atoms. The first-order valence-electron chi connectivity index (χ1n) is 7.97. The van der Waals surface area contributed by atoms with Gasteiger partial charge in [0.1, 0.15) is 17.1 Å². The molecule has 0 aliphatic rings. The van der Waals surface area contributed by atoms with E-state index < -0.39 is 35.7 Å². The summed E-state index contributed by atoms with van der Waals surface area (Å²) in [5.74, 6) is -1.06. The molecule has 146 valence electrons. The summed E-state index contributed by atoms with van der Waals surface area (Å²) in [6.07, 6.45) is -4.72. The van der Waals surface area contributed by atoms with Crippen LogP contribution in [-0.2, 0) is 11.0 Å². The Morgan fingerprint density at radius 3 is 2.57 bits per heavy atom. The number of ether oxygens (including phenoxy) is 1. The second-order valence-corrected chi connectivity index (χ2v) is 5.94. The highest BCUT2D eigenvalue weighted by Gasteiger charge is 2.33. The number of halogens is 4. The number of nitrogens with one attached hydrogen (secondary N) is 1. The molecule has 0 saturated carbocycles. The molecule has 28 heavy (non-hydrogen) atoms. The maximum atomic E-state index is 13.5. The number of hydrogen-bond acceptors (Lipinski definition) is 4. The molecule has 9 heteroatoms. The van der Waals surface area contributed by atoms with E-state index in [-0.39, 0.29) is 22.4 Å². The Balaban J connectivity index is 1.75. The third-order valence-electron chi connectivity index (χ3n) is 3.85. The van der Waals surface area contributed by atoms with Crippen molar-refractivity contribution in [3.05, 3.63) is 69.8 Å². The van der Waals surface area contributed by atoms with E-state index >= 15 is 0 Å². The summed E-state index contributed by atoms with van der Waals surface area (Å²) < 4.78 is 62.5. The molecule has 1 amide bonds. The Labute approximate surface area is 155 Å². The van der Waals surface area contributed by atoms with Crippen LogP contribution in [0.4, 0.5) is 23.2 Å². The molecule has 0 aliphatic carbocycles. The van der Waals surface area contributed by atoms with Crippen molar-refractivity contribution in [2.75, 3.05) is 11.9 Å². The van der Waals surface area contributed by atoms with Crippen molar-refractivity contribution in [3.8, 4) is 5.75 Å². The summed E-state index contributed by atoms with van der Waals surface area (Å²) in [5.41, 5.74) is -1.94. The zero-order chi connectivity index (χ0) is 20.5. The normalized spacial score (nSPS) is 11.5. The number of fused-ring (bicyclic) bond motifs is 1. The van der Waals surface area contributed by atoms with Crippen LogP contribution in [0.5, 0.6) is 5.75 Å². The predicted octanol–water partition coefficient (Wildman–Crippen LogP) is 4.28. The average Bonchev–Trinajstić information content (AvgIpc) is 2.61.